The molecule has 2 aromatic carbocycles. The van der Waals surface area contributed by atoms with Crippen LogP contribution in [0.1, 0.15) is 22.8 Å². The van der Waals surface area contributed by atoms with Crippen LogP contribution in [0.2, 0.25) is 0 Å². The molecule has 0 radical (unpaired) electrons. The first kappa shape index (κ1) is 21.3. The molecule has 0 spiro atoms. The molecule has 0 bridgehead atoms. The van der Waals surface area contributed by atoms with Crippen molar-refractivity contribution in [3.63, 3.8) is 0 Å². The minimum absolute atomic E-state index is 0.354. The van der Waals surface area contributed by atoms with Crippen molar-refractivity contribution in [3.05, 3.63) is 71.1 Å². The fourth-order valence-electron chi connectivity index (χ4n) is 2.22. The van der Waals surface area contributed by atoms with Gasteiger partial charge in [0, 0.05) is 11.0 Å². The zero-order chi connectivity index (χ0) is 20.6. The summed E-state index contributed by atoms with van der Waals surface area (Å²) in [7, 11) is -2.31. The van der Waals surface area contributed by atoms with Crippen molar-refractivity contribution in [2.45, 2.75) is 13.0 Å². The molecule has 0 amide bonds. The SMILES string of the molecule is COc1ccc(C(=O)[C@H](C)OC(=O)CNS(=O)(=O)/C=C/c2ccccc2)cc1. The van der Waals surface area contributed by atoms with Gasteiger partial charge in [-0.1, -0.05) is 30.3 Å². The van der Waals surface area contributed by atoms with E-state index in [9.17, 15) is 18.0 Å². The van der Waals surface area contributed by atoms with E-state index in [0.29, 0.717) is 16.9 Å². The highest BCUT2D eigenvalue weighted by molar-refractivity contribution is 7.92. The molecule has 0 aliphatic heterocycles. The lowest BCUT2D eigenvalue weighted by atomic mass is 10.1. The molecule has 0 aromatic heterocycles. The van der Waals surface area contributed by atoms with Gasteiger partial charge in [0.05, 0.1) is 7.11 Å². The number of Topliss-reactive ketones (excluding diaryl/α,β-unsaturated/α-hetero) is 1. The maximum atomic E-state index is 12.3. The van der Waals surface area contributed by atoms with Crippen LogP contribution in [0, 0.1) is 0 Å². The monoisotopic (exact) mass is 403 g/mol. The molecule has 0 fully saturated rings. The second-order valence-electron chi connectivity index (χ2n) is 5.80. The first-order valence-electron chi connectivity index (χ1n) is 8.41. The number of esters is 1. The van der Waals surface area contributed by atoms with E-state index >= 15 is 0 Å². The number of methoxy groups -OCH3 is 1. The fraction of sp³-hybridized carbons (Fsp3) is 0.200. The molecule has 1 atom stereocenters. The summed E-state index contributed by atoms with van der Waals surface area (Å²) in [6, 6.07) is 15.2. The van der Waals surface area contributed by atoms with Gasteiger partial charge in [-0.15, -0.1) is 0 Å². The predicted octanol–water partition coefficient (Wildman–Crippen LogP) is 2.40. The smallest absolute Gasteiger partial charge is 0.321 e. The molecule has 0 aliphatic rings. The van der Waals surface area contributed by atoms with E-state index in [4.69, 9.17) is 9.47 Å². The molecule has 2 rings (SSSR count). The van der Waals surface area contributed by atoms with Gasteiger partial charge in [0.2, 0.25) is 15.8 Å². The van der Waals surface area contributed by atoms with E-state index in [2.05, 4.69) is 4.72 Å². The maximum Gasteiger partial charge on any atom is 0.321 e. The Kier molecular flexibility index (Phi) is 7.48. The minimum Gasteiger partial charge on any atom is -0.497 e. The molecule has 0 unspecified atom stereocenters. The molecule has 8 heteroatoms. The van der Waals surface area contributed by atoms with Crippen LogP contribution in [0.15, 0.2) is 60.0 Å². The Morgan fingerprint density at radius 1 is 1.07 bits per heavy atom. The van der Waals surface area contributed by atoms with Crippen molar-refractivity contribution in [2.75, 3.05) is 13.7 Å². The van der Waals surface area contributed by atoms with E-state index in [0.717, 1.165) is 5.41 Å². The van der Waals surface area contributed by atoms with Gasteiger partial charge in [-0.2, -0.15) is 0 Å². The Morgan fingerprint density at radius 2 is 1.71 bits per heavy atom. The number of rotatable bonds is 9. The third kappa shape index (κ3) is 6.64. The molecule has 0 aliphatic carbocycles. The van der Waals surface area contributed by atoms with E-state index in [1.807, 2.05) is 6.07 Å². The number of hydrogen-bond donors (Lipinski definition) is 1. The van der Waals surface area contributed by atoms with Crippen LogP contribution in [-0.4, -0.2) is 39.9 Å². The number of carbonyl (C=O) groups is 2. The number of sulfonamides is 1. The second-order valence-corrected chi connectivity index (χ2v) is 7.46. The van der Waals surface area contributed by atoms with Crippen molar-refractivity contribution in [1.82, 2.24) is 4.72 Å². The Morgan fingerprint density at radius 3 is 2.32 bits per heavy atom. The number of ether oxygens (including phenoxy) is 2. The van der Waals surface area contributed by atoms with Crippen LogP contribution in [0.25, 0.3) is 6.08 Å². The first-order valence-corrected chi connectivity index (χ1v) is 9.96. The molecule has 2 aromatic rings. The number of carbonyl (C=O) groups excluding carboxylic acids is 2. The third-order valence-corrected chi connectivity index (χ3v) is 4.75. The third-order valence-electron chi connectivity index (χ3n) is 3.71. The van der Waals surface area contributed by atoms with E-state index < -0.39 is 34.4 Å². The summed E-state index contributed by atoms with van der Waals surface area (Å²) < 4.78 is 36.0. The van der Waals surface area contributed by atoms with Crippen molar-refractivity contribution >= 4 is 27.9 Å². The van der Waals surface area contributed by atoms with Crippen molar-refractivity contribution in [2.24, 2.45) is 0 Å². The lowest BCUT2D eigenvalue weighted by Gasteiger charge is -2.12. The van der Waals surface area contributed by atoms with Gasteiger partial charge < -0.3 is 9.47 Å². The fourth-order valence-corrected chi connectivity index (χ4v) is 2.97. The molecular weight excluding hydrogens is 382 g/mol. The quantitative estimate of drug-likeness (QED) is 0.510. The summed E-state index contributed by atoms with van der Waals surface area (Å²) in [4.78, 5) is 24.1. The Balaban J connectivity index is 1.86. The molecule has 7 nitrogen and oxygen atoms in total. The number of hydrogen-bond acceptors (Lipinski definition) is 6. The van der Waals surface area contributed by atoms with Gasteiger partial charge >= 0.3 is 5.97 Å². The van der Waals surface area contributed by atoms with Crippen molar-refractivity contribution in [1.29, 1.82) is 0 Å². The van der Waals surface area contributed by atoms with Crippen LogP contribution in [-0.2, 0) is 19.6 Å². The summed E-state index contributed by atoms with van der Waals surface area (Å²) >= 11 is 0. The molecule has 0 saturated heterocycles. The van der Waals surface area contributed by atoms with E-state index in [-0.39, 0.29) is 0 Å². The Labute approximate surface area is 164 Å². The zero-order valence-electron chi connectivity index (χ0n) is 15.5. The molecule has 0 heterocycles. The van der Waals surface area contributed by atoms with Gasteiger partial charge in [0.15, 0.2) is 6.10 Å². The minimum atomic E-state index is -3.82. The average molecular weight is 403 g/mol. The number of ketones is 1. The number of nitrogens with one attached hydrogen (secondary N) is 1. The molecule has 0 saturated carbocycles. The average Bonchev–Trinajstić information content (AvgIpc) is 2.71. The predicted molar refractivity (Wildman–Crippen MR) is 105 cm³/mol. The maximum absolute atomic E-state index is 12.3. The summed E-state index contributed by atoms with van der Waals surface area (Å²) in [6.45, 7) is 0.843. The van der Waals surface area contributed by atoms with Gasteiger partial charge in [0.1, 0.15) is 12.3 Å². The highest BCUT2D eigenvalue weighted by Gasteiger charge is 2.20. The van der Waals surface area contributed by atoms with Gasteiger partial charge in [0.25, 0.3) is 0 Å². The van der Waals surface area contributed by atoms with Crippen LogP contribution >= 0.6 is 0 Å². The topological polar surface area (TPSA) is 98.8 Å². The van der Waals surface area contributed by atoms with Crippen LogP contribution in [0.5, 0.6) is 5.75 Å². The molecular formula is C20H21NO6S. The summed E-state index contributed by atoms with van der Waals surface area (Å²) in [5.41, 5.74) is 1.06. The Bertz CT molecular complexity index is 936. The first-order chi connectivity index (χ1) is 13.3. The Hall–Kier alpha value is -2.97. The van der Waals surface area contributed by atoms with Crippen molar-refractivity contribution < 1.29 is 27.5 Å². The summed E-state index contributed by atoms with van der Waals surface area (Å²) in [5.74, 6) is -0.659. The molecule has 148 valence electrons. The lowest BCUT2D eigenvalue weighted by molar-refractivity contribution is -0.144. The summed E-state index contributed by atoms with van der Waals surface area (Å²) in [5, 5.41) is 0.960. The number of benzene rings is 2. The van der Waals surface area contributed by atoms with Crippen molar-refractivity contribution in [3.8, 4) is 5.75 Å². The normalized spacial score (nSPS) is 12.5. The highest BCUT2D eigenvalue weighted by atomic mass is 32.2. The van der Waals surface area contributed by atoms with Crippen LogP contribution in [0.3, 0.4) is 0 Å². The van der Waals surface area contributed by atoms with E-state index in [1.54, 1.807) is 48.5 Å². The van der Waals surface area contributed by atoms with Gasteiger partial charge in [-0.25, -0.2) is 13.1 Å². The van der Waals surface area contributed by atoms with Gasteiger partial charge in [-0.05, 0) is 42.8 Å². The van der Waals surface area contributed by atoms with Crippen LogP contribution < -0.4 is 9.46 Å². The standard InChI is InChI=1S/C20H21NO6S/c1-15(20(23)17-8-10-18(26-2)11-9-17)27-19(22)14-21-28(24,25)13-12-16-6-4-3-5-7-16/h3-13,15,21H,14H2,1-2H3/b13-12+/t15-/m0/s1. The summed E-state index contributed by atoms with van der Waals surface area (Å²) in [6.07, 6.45) is 0.356. The zero-order valence-corrected chi connectivity index (χ0v) is 16.3. The lowest BCUT2D eigenvalue weighted by Crippen LogP contribution is -2.33. The second kappa shape index (κ2) is 9.82. The molecule has 28 heavy (non-hydrogen) atoms. The van der Waals surface area contributed by atoms with Crippen LogP contribution in [0.4, 0.5) is 0 Å². The largest absolute Gasteiger partial charge is 0.497 e. The van der Waals surface area contributed by atoms with Gasteiger partial charge in [-0.3, -0.25) is 9.59 Å². The van der Waals surface area contributed by atoms with E-state index in [1.165, 1.54) is 20.1 Å². The highest BCUT2D eigenvalue weighted by Crippen LogP contribution is 2.13. The molecule has 1 N–H and O–H groups in total.